The average molecular weight is 209 g/mol. The standard InChI is InChI=1S/C12H19NS/c1-10-4-6-12(7-5-10)13(3)8-11(2)9-14/h4-7,11,14H,8-9H2,1-3H3. The maximum atomic E-state index is 4.29. The Balaban J connectivity index is 2.60. The van der Waals surface area contributed by atoms with Gasteiger partial charge in [0, 0.05) is 19.3 Å². The first-order valence-corrected chi connectivity index (χ1v) is 5.65. The SMILES string of the molecule is Cc1ccc(N(C)CC(C)CS)cc1. The fourth-order valence-corrected chi connectivity index (χ4v) is 1.55. The predicted molar refractivity (Wildman–Crippen MR) is 67.5 cm³/mol. The van der Waals surface area contributed by atoms with Crippen molar-refractivity contribution in [2.24, 2.45) is 5.92 Å². The van der Waals surface area contributed by atoms with E-state index < -0.39 is 0 Å². The number of nitrogens with zero attached hydrogens (tertiary/aromatic N) is 1. The molecule has 1 nitrogen and oxygen atoms in total. The first kappa shape index (κ1) is 11.4. The van der Waals surface area contributed by atoms with Crippen molar-refractivity contribution in [2.45, 2.75) is 13.8 Å². The third kappa shape index (κ3) is 3.26. The molecule has 0 bridgehead atoms. The van der Waals surface area contributed by atoms with Gasteiger partial charge in [0.05, 0.1) is 0 Å². The molecule has 0 saturated carbocycles. The lowest BCUT2D eigenvalue weighted by Crippen LogP contribution is -2.24. The molecule has 0 fully saturated rings. The van der Waals surface area contributed by atoms with Gasteiger partial charge in [0.1, 0.15) is 0 Å². The van der Waals surface area contributed by atoms with Crippen LogP contribution >= 0.6 is 12.6 Å². The molecule has 0 radical (unpaired) electrons. The van der Waals surface area contributed by atoms with Crippen molar-refractivity contribution in [3.05, 3.63) is 29.8 Å². The van der Waals surface area contributed by atoms with E-state index in [1.165, 1.54) is 11.3 Å². The largest absolute Gasteiger partial charge is 0.374 e. The summed E-state index contributed by atoms with van der Waals surface area (Å²) in [5, 5.41) is 0. The number of rotatable bonds is 4. The highest BCUT2D eigenvalue weighted by Crippen LogP contribution is 2.14. The number of thiol groups is 1. The Bertz CT molecular complexity index is 268. The molecule has 0 amide bonds. The Kier molecular flexibility index (Phi) is 4.33. The van der Waals surface area contributed by atoms with Gasteiger partial charge in [-0.2, -0.15) is 12.6 Å². The van der Waals surface area contributed by atoms with E-state index in [1.54, 1.807) is 0 Å². The highest BCUT2D eigenvalue weighted by atomic mass is 32.1. The molecule has 1 unspecified atom stereocenters. The van der Waals surface area contributed by atoms with Gasteiger partial charge in [-0.05, 0) is 30.7 Å². The lowest BCUT2D eigenvalue weighted by Gasteiger charge is -2.22. The third-order valence-electron chi connectivity index (χ3n) is 2.37. The second-order valence-electron chi connectivity index (χ2n) is 4.00. The van der Waals surface area contributed by atoms with E-state index in [1.807, 2.05) is 0 Å². The molecular weight excluding hydrogens is 190 g/mol. The van der Waals surface area contributed by atoms with Crippen LogP contribution in [0.2, 0.25) is 0 Å². The zero-order valence-corrected chi connectivity index (χ0v) is 10.1. The number of anilines is 1. The summed E-state index contributed by atoms with van der Waals surface area (Å²) >= 11 is 4.29. The fraction of sp³-hybridized carbons (Fsp3) is 0.500. The molecule has 0 aliphatic carbocycles. The van der Waals surface area contributed by atoms with Gasteiger partial charge in [-0.15, -0.1) is 0 Å². The predicted octanol–water partition coefficient (Wildman–Crippen LogP) is 3.00. The summed E-state index contributed by atoms with van der Waals surface area (Å²) in [5.41, 5.74) is 2.59. The summed E-state index contributed by atoms with van der Waals surface area (Å²) in [7, 11) is 2.13. The fourth-order valence-electron chi connectivity index (χ4n) is 1.43. The van der Waals surface area contributed by atoms with Crippen LogP contribution in [0, 0.1) is 12.8 Å². The van der Waals surface area contributed by atoms with Gasteiger partial charge in [-0.1, -0.05) is 24.6 Å². The molecular formula is C12H19NS. The van der Waals surface area contributed by atoms with Crippen LogP contribution in [-0.4, -0.2) is 19.3 Å². The van der Waals surface area contributed by atoms with Crippen LogP contribution in [0.3, 0.4) is 0 Å². The summed E-state index contributed by atoms with van der Waals surface area (Å²) in [6, 6.07) is 8.63. The van der Waals surface area contributed by atoms with E-state index in [4.69, 9.17) is 0 Å². The van der Waals surface area contributed by atoms with E-state index >= 15 is 0 Å². The molecule has 0 N–H and O–H groups in total. The normalized spacial score (nSPS) is 12.6. The molecule has 1 aromatic carbocycles. The molecule has 0 spiro atoms. The molecule has 0 aliphatic heterocycles. The summed E-state index contributed by atoms with van der Waals surface area (Å²) in [4.78, 5) is 2.28. The lowest BCUT2D eigenvalue weighted by molar-refractivity contribution is 0.650. The number of aryl methyl sites for hydroxylation is 1. The lowest BCUT2D eigenvalue weighted by atomic mass is 10.1. The average Bonchev–Trinajstić information content (AvgIpc) is 2.18. The topological polar surface area (TPSA) is 3.24 Å². The Morgan fingerprint density at radius 2 is 1.86 bits per heavy atom. The Labute approximate surface area is 92.5 Å². The van der Waals surface area contributed by atoms with Crippen LogP contribution in [0.15, 0.2) is 24.3 Å². The highest BCUT2D eigenvalue weighted by Gasteiger charge is 2.04. The first-order chi connectivity index (χ1) is 6.63. The van der Waals surface area contributed by atoms with Gasteiger partial charge in [0.2, 0.25) is 0 Å². The third-order valence-corrected chi connectivity index (χ3v) is 3.00. The van der Waals surface area contributed by atoms with Gasteiger partial charge >= 0.3 is 0 Å². The molecule has 0 heterocycles. The quantitative estimate of drug-likeness (QED) is 0.746. The van der Waals surface area contributed by atoms with Crippen molar-refractivity contribution in [3.63, 3.8) is 0 Å². The molecule has 1 atom stereocenters. The number of benzene rings is 1. The van der Waals surface area contributed by atoms with Crippen LogP contribution in [0.4, 0.5) is 5.69 Å². The van der Waals surface area contributed by atoms with Crippen molar-refractivity contribution >= 4 is 18.3 Å². The Morgan fingerprint density at radius 1 is 1.29 bits per heavy atom. The van der Waals surface area contributed by atoms with E-state index in [2.05, 4.69) is 62.7 Å². The summed E-state index contributed by atoms with van der Waals surface area (Å²) in [5.74, 6) is 1.57. The van der Waals surface area contributed by atoms with Gasteiger partial charge in [0.15, 0.2) is 0 Å². The molecule has 0 aromatic heterocycles. The molecule has 14 heavy (non-hydrogen) atoms. The maximum absolute atomic E-state index is 4.29. The minimum absolute atomic E-state index is 0.629. The second-order valence-corrected chi connectivity index (χ2v) is 4.37. The summed E-state index contributed by atoms with van der Waals surface area (Å²) < 4.78 is 0. The summed E-state index contributed by atoms with van der Waals surface area (Å²) in [6.45, 7) is 5.39. The molecule has 78 valence electrons. The summed E-state index contributed by atoms with van der Waals surface area (Å²) in [6.07, 6.45) is 0. The monoisotopic (exact) mass is 209 g/mol. The number of hydrogen-bond donors (Lipinski definition) is 1. The zero-order valence-electron chi connectivity index (χ0n) is 9.20. The molecule has 2 heteroatoms. The smallest absolute Gasteiger partial charge is 0.0363 e. The van der Waals surface area contributed by atoms with Crippen LogP contribution in [0.1, 0.15) is 12.5 Å². The maximum Gasteiger partial charge on any atom is 0.0363 e. The Hall–Kier alpha value is -0.630. The van der Waals surface area contributed by atoms with Crippen LogP contribution in [0.5, 0.6) is 0 Å². The van der Waals surface area contributed by atoms with E-state index in [0.717, 1.165) is 12.3 Å². The second kappa shape index (κ2) is 5.30. The number of hydrogen-bond acceptors (Lipinski definition) is 2. The van der Waals surface area contributed by atoms with Crippen molar-refractivity contribution in [1.29, 1.82) is 0 Å². The van der Waals surface area contributed by atoms with Crippen LogP contribution in [0.25, 0.3) is 0 Å². The van der Waals surface area contributed by atoms with Gasteiger partial charge in [-0.25, -0.2) is 0 Å². The van der Waals surface area contributed by atoms with E-state index in [9.17, 15) is 0 Å². The molecule has 0 saturated heterocycles. The molecule has 1 rings (SSSR count). The minimum Gasteiger partial charge on any atom is -0.374 e. The van der Waals surface area contributed by atoms with Gasteiger partial charge in [0.25, 0.3) is 0 Å². The van der Waals surface area contributed by atoms with Gasteiger partial charge in [-0.3, -0.25) is 0 Å². The van der Waals surface area contributed by atoms with Crippen molar-refractivity contribution in [1.82, 2.24) is 0 Å². The molecule has 0 aliphatic rings. The van der Waals surface area contributed by atoms with Gasteiger partial charge < -0.3 is 4.90 Å². The van der Waals surface area contributed by atoms with Crippen molar-refractivity contribution in [2.75, 3.05) is 24.2 Å². The zero-order chi connectivity index (χ0) is 10.6. The molecule has 1 aromatic rings. The minimum atomic E-state index is 0.629. The van der Waals surface area contributed by atoms with Crippen LogP contribution < -0.4 is 4.90 Å². The van der Waals surface area contributed by atoms with E-state index in [-0.39, 0.29) is 0 Å². The van der Waals surface area contributed by atoms with Crippen molar-refractivity contribution in [3.8, 4) is 0 Å². The first-order valence-electron chi connectivity index (χ1n) is 5.02. The van der Waals surface area contributed by atoms with Crippen LogP contribution in [-0.2, 0) is 0 Å². The highest BCUT2D eigenvalue weighted by molar-refractivity contribution is 7.80. The van der Waals surface area contributed by atoms with E-state index in [0.29, 0.717) is 5.92 Å². The van der Waals surface area contributed by atoms with Crippen molar-refractivity contribution < 1.29 is 0 Å². The Morgan fingerprint density at radius 3 is 2.36 bits per heavy atom.